The minimum absolute atomic E-state index is 0.175. The number of nitrogens with one attached hydrogen (secondary N) is 1. The molecule has 2 heterocycles. The molecule has 1 aliphatic rings. The fourth-order valence-electron chi connectivity index (χ4n) is 3.11. The first-order chi connectivity index (χ1) is 10.6. The molecular formula is C17H20FN3O. The van der Waals surface area contributed by atoms with Gasteiger partial charge in [0.2, 0.25) is 5.91 Å². The fraction of sp³-hybridized carbons (Fsp3) is 0.353. The molecule has 3 rings (SSSR count). The molecule has 1 amide bonds. The summed E-state index contributed by atoms with van der Waals surface area (Å²) in [4.78, 5) is 14.4. The van der Waals surface area contributed by atoms with Crippen LogP contribution in [0.4, 0.5) is 10.1 Å². The van der Waals surface area contributed by atoms with Crippen LogP contribution in [0, 0.1) is 5.82 Å². The Morgan fingerprint density at radius 2 is 2.14 bits per heavy atom. The van der Waals surface area contributed by atoms with E-state index in [4.69, 9.17) is 0 Å². The third-order valence-electron chi connectivity index (χ3n) is 4.18. The van der Waals surface area contributed by atoms with Gasteiger partial charge in [-0.1, -0.05) is 12.1 Å². The normalized spacial score (nSPS) is 18.5. The molecule has 1 fully saturated rings. The van der Waals surface area contributed by atoms with Crippen LogP contribution in [-0.2, 0) is 11.8 Å². The number of carbonyl (C=O) groups is 1. The van der Waals surface area contributed by atoms with Crippen LogP contribution >= 0.6 is 0 Å². The van der Waals surface area contributed by atoms with Crippen molar-refractivity contribution in [2.45, 2.75) is 18.9 Å². The number of halogens is 1. The van der Waals surface area contributed by atoms with Crippen LogP contribution in [-0.4, -0.2) is 28.5 Å². The third kappa shape index (κ3) is 3.04. The van der Waals surface area contributed by atoms with Crippen molar-refractivity contribution in [2.24, 2.45) is 7.05 Å². The summed E-state index contributed by atoms with van der Waals surface area (Å²) >= 11 is 0. The Morgan fingerprint density at radius 3 is 2.86 bits per heavy atom. The quantitative estimate of drug-likeness (QED) is 0.943. The summed E-state index contributed by atoms with van der Waals surface area (Å²) in [6.07, 6.45) is 4.14. The highest BCUT2D eigenvalue weighted by molar-refractivity contribution is 5.92. The largest absolute Gasteiger partial charge is 0.353 e. The van der Waals surface area contributed by atoms with E-state index in [0.29, 0.717) is 0 Å². The number of rotatable bonds is 4. The molecule has 4 nitrogen and oxygen atoms in total. The van der Waals surface area contributed by atoms with Crippen molar-refractivity contribution >= 4 is 11.6 Å². The summed E-state index contributed by atoms with van der Waals surface area (Å²) in [5.41, 5.74) is 1.46. The van der Waals surface area contributed by atoms with E-state index < -0.39 is 5.82 Å². The minimum atomic E-state index is -0.406. The van der Waals surface area contributed by atoms with Gasteiger partial charge in [-0.25, -0.2) is 4.39 Å². The Labute approximate surface area is 129 Å². The van der Waals surface area contributed by atoms with Gasteiger partial charge in [0.15, 0.2) is 0 Å². The molecule has 1 aromatic heterocycles. The molecule has 1 aliphatic heterocycles. The number of likely N-dealkylation sites (tertiary alicyclic amines) is 1. The van der Waals surface area contributed by atoms with Gasteiger partial charge in [-0.15, -0.1) is 0 Å². The summed E-state index contributed by atoms with van der Waals surface area (Å²) in [6, 6.07) is 10.6. The van der Waals surface area contributed by atoms with Gasteiger partial charge >= 0.3 is 0 Å². The fourth-order valence-corrected chi connectivity index (χ4v) is 3.11. The average Bonchev–Trinajstić information content (AvgIpc) is 3.10. The van der Waals surface area contributed by atoms with Crippen LogP contribution in [0.1, 0.15) is 24.6 Å². The standard InChI is InChI=1S/C17H20FN3O/c1-20-10-4-8-15(20)16-9-5-11-21(16)12-17(22)19-14-7-3-2-6-13(14)18/h2-4,6-8,10,16H,5,9,11-12H2,1H3,(H,19,22)/t16-/m1/s1. The summed E-state index contributed by atoms with van der Waals surface area (Å²) in [5.74, 6) is -0.581. The average molecular weight is 301 g/mol. The Balaban J connectivity index is 1.66. The molecule has 5 heteroatoms. The van der Waals surface area contributed by atoms with E-state index in [1.807, 2.05) is 19.3 Å². The number of nitrogens with zero attached hydrogens (tertiary/aromatic N) is 2. The topological polar surface area (TPSA) is 37.3 Å². The van der Waals surface area contributed by atoms with E-state index in [1.165, 1.54) is 11.8 Å². The lowest BCUT2D eigenvalue weighted by Gasteiger charge is -2.24. The van der Waals surface area contributed by atoms with E-state index in [-0.39, 0.29) is 24.2 Å². The molecular weight excluding hydrogens is 281 g/mol. The maximum Gasteiger partial charge on any atom is 0.238 e. The summed E-state index contributed by atoms with van der Waals surface area (Å²) in [7, 11) is 2.02. The van der Waals surface area contributed by atoms with Gasteiger partial charge in [0.25, 0.3) is 0 Å². The Bertz CT molecular complexity index is 667. The molecule has 1 saturated heterocycles. The maximum atomic E-state index is 13.6. The molecule has 0 unspecified atom stereocenters. The second-order valence-electron chi connectivity index (χ2n) is 5.70. The summed E-state index contributed by atoms with van der Waals surface area (Å²) < 4.78 is 15.7. The first-order valence-electron chi connectivity index (χ1n) is 7.55. The molecule has 0 radical (unpaired) electrons. The number of para-hydroxylation sites is 1. The lowest BCUT2D eigenvalue weighted by molar-refractivity contribution is -0.117. The maximum absolute atomic E-state index is 13.6. The predicted octanol–water partition coefficient (Wildman–Crippen LogP) is 2.94. The van der Waals surface area contributed by atoms with Crippen molar-refractivity contribution in [3.05, 3.63) is 54.1 Å². The number of anilines is 1. The van der Waals surface area contributed by atoms with Crippen LogP contribution in [0.15, 0.2) is 42.6 Å². The molecule has 0 spiro atoms. The third-order valence-corrected chi connectivity index (χ3v) is 4.18. The van der Waals surface area contributed by atoms with Crippen LogP contribution in [0.2, 0.25) is 0 Å². The predicted molar refractivity (Wildman–Crippen MR) is 84.0 cm³/mol. The first-order valence-corrected chi connectivity index (χ1v) is 7.55. The van der Waals surface area contributed by atoms with Gasteiger partial charge in [-0.3, -0.25) is 9.69 Å². The van der Waals surface area contributed by atoms with E-state index >= 15 is 0 Å². The molecule has 116 valence electrons. The zero-order valence-electron chi connectivity index (χ0n) is 12.6. The molecule has 2 aromatic rings. The molecule has 0 bridgehead atoms. The van der Waals surface area contributed by atoms with Gasteiger partial charge in [0.05, 0.1) is 18.3 Å². The number of amides is 1. The number of hydrogen-bond donors (Lipinski definition) is 1. The van der Waals surface area contributed by atoms with Gasteiger partial charge in [0, 0.05) is 18.9 Å². The minimum Gasteiger partial charge on any atom is -0.353 e. The zero-order valence-corrected chi connectivity index (χ0v) is 12.6. The lowest BCUT2D eigenvalue weighted by atomic mass is 10.1. The molecule has 1 aromatic carbocycles. The van der Waals surface area contributed by atoms with Crippen molar-refractivity contribution in [1.82, 2.24) is 9.47 Å². The van der Waals surface area contributed by atoms with Crippen LogP contribution < -0.4 is 5.32 Å². The number of benzene rings is 1. The Hall–Kier alpha value is -2.14. The van der Waals surface area contributed by atoms with E-state index in [0.717, 1.165) is 19.4 Å². The smallest absolute Gasteiger partial charge is 0.238 e. The zero-order chi connectivity index (χ0) is 15.5. The summed E-state index contributed by atoms with van der Waals surface area (Å²) in [5, 5.41) is 2.66. The molecule has 1 N–H and O–H groups in total. The van der Waals surface area contributed by atoms with Crippen molar-refractivity contribution in [3.63, 3.8) is 0 Å². The summed E-state index contributed by atoms with van der Waals surface area (Å²) in [6.45, 7) is 1.17. The second-order valence-corrected chi connectivity index (χ2v) is 5.70. The van der Waals surface area contributed by atoms with Gasteiger partial charge < -0.3 is 9.88 Å². The highest BCUT2D eigenvalue weighted by Crippen LogP contribution is 2.31. The van der Waals surface area contributed by atoms with Crippen molar-refractivity contribution in [3.8, 4) is 0 Å². The monoisotopic (exact) mass is 301 g/mol. The van der Waals surface area contributed by atoms with Crippen LogP contribution in [0.25, 0.3) is 0 Å². The lowest BCUT2D eigenvalue weighted by Crippen LogP contribution is -2.33. The number of hydrogen-bond acceptors (Lipinski definition) is 2. The molecule has 22 heavy (non-hydrogen) atoms. The highest BCUT2D eigenvalue weighted by Gasteiger charge is 2.29. The van der Waals surface area contributed by atoms with Gasteiger partial charge in [0.1, 0.15) is 5.82 Å². The van der Waals surface area contributed by atoms with Gasteiger partial charge in [-0.05, 0) is 43.7 Å². The highest BCUT2D eigenvalue weighted by atomic mass is 19.1. The number of aryl methyl sites for hydroxylation is 1. The van der Waals surface area contributed by atoms with Crippen molar-refractivity contribution in [1.29, 1.82) is 0 Å². The van der Waals surface area contributed by atoms with E-state index in [9.17, 15) is 9.18 Å². The van der Waals surface area contributed by atoms with Crippen LogP contribution in [0.5, 0.6) is 0 Å². The second kappa shape index (κ2) is 6.32. The molecule has 0 saturated carbocycles. The van der Waals surface area contributed by atoms with Gasteiger partial charge in [-0.2, -0.15) is 0 Å². The Morgan fingerprint density at radius 1 is 1.32 bits per heavy atom. The SMILES string of the molecule is Cn1cccc1[C@H]1CCCN1CC(=O)Nc1ccccc1F. The van der Waals surface area contributed by atoms with Crippen LogP contribution in [0.3, 0.4) is 0 Å². The number of carbonyl (C=O) groups excluding carboxylic acids is 1. The first kappa shape index (κ1) is 14.8. The van der Waals surface area contributed by atoms with E-state index in [1.54, 1.807) is 18.2 Å². The van der Waals surface area contributed by atoms with Crippen molar-refractivity contribution < 1.29 is 9.18 Å². The van der Waals surface area contributed by atoms with E-state index in [2.05, 4.69) is 20.9 Å². The molecule has 1 atom stereocenters. The number of aromatic nitrogens is 1. The Kier molecular flexibility index (Phi) is 4.24. The molecule has 0 aliphatic carbocycles. The van der Waals surface area contributed by atoms with Crippen molar-refractivity contribution in [2.75, 3.05) is 18.4 Å².